The van der Waals surface area contributed by atoms with Gasteiger partial charge in [-0.05, 0) is 18.7 Å². The highest BCUT2D eigenvalue weighted by Crippen LogP contribution is 2.34. The number of piperazine rings is 1. The molecule has 1 unspecified atom stereocenters. The molecule has 9 heteroatoms. The van der Waals surface area contributed by atoms with Crippen molar-refractivity contribution in [2.45, 2.75) is 17.9 Å². The van der Waals surface area contributed by atoms with Gasteiger partial charge < -0.3 is 14.5 Å². The molecule has 1 fully saturated rings. The lowest BCUT2D eigenvalue weighted by Gasteiger charge is -2.39. The number of ether oxygens (including phenoxy) is 2. The van der Waals surface area contributed by atoms with Gasteiger partial charge in [0, 0.05) is 38.1 Å². The van der Waals surface area contributed by atoms with Crippen molar-refractivity contribution in [3.63, 3.8) is 0 Å². The number of aromatic nitrogens is 2. The number of sulfonamides is 1. The van der Waals surface area contributed by atoms with Gasteiger partial charge in [0.25, 0.3) is 0 Å². The summed E-state index contributed by atoms with van der Waals surface area (Å²) < 4.78 is 38.9. The van der Waals surface area contributed by atoms with E-state index >= 15 is 0 Å². The summed E-state index contributed by atoms with van der Waals surface area (Å²) in [5.74, 6) is 1.85. The molecular formula is C17H22N4O4S. The molecule has 26 heavy (non-hydrogen) atoms. The first kappa shape index (κ1) is 17.3. The minimum atomic E-state index is -3.62. The summed E-state index contributed by atoms with van der Waals surface area (Å²) in [5.41, 5.74) is 0. The minimum absolute atomic E-state index is 0.0873. The lowest BCUT2D eigenvalue weighted by Crippen LogP contribution is -2.50. The summed E-state index contributed by atoms with van der Waals surface area (Å²) in [6.07, 6.45) is 3.45. The van der Waals surface area contributed by atoms with Gasteiger partial charge in [-0.1, -0.05) is 6.92 Å². The van der Waals surface area contributed by atoms with Crippen LogP contribution < -0.4 is 9.47 Å². The highest BCUT2D eigenvalue weighted by atomic mass is 32.2. The zero-order chi connectivity index (χ0) is 18.1. The van der Waals surface area contributed by atoms with Crippen molar-refractivity contribution < 1.29 is 17.9 Å². The molecule has 8 nitrogen and oxygen atoms in total. The minimum Gasteiger partial charge on any atom is -0.486 e. The van der Waals surface area contributed by atoms with Gasteiger partial charge in [0.05, 0.1) is 10.9 Å². The smallest absolute Gasteiger partial charge is 0.243 e. The number of imidazole rings is 1. The Labute approximate surface area is 152 Å². The van der Waals surface area contributed by atoms with Crippen molar-refractivity contribution in [1.82, 2.24) is 19.2 Å². The Morgan fingerprint density at radius 1 is 1.23 bits per heavy atom. The van der Waals surface area contributed by atoms with Gasteiger partial charge in [-0.25, -0.2) is 13.4 Å². The summed E-state index contributed by atoms with van der Waals surface area (Å²) in [6.45, 7) is 5.27. The molecule has 2 aliphatic heterocycles. The molecule has 0 amide bonds. The molecule has 2 aromatic rings. The van der Waals surface area contributed by atoms with E-state index < -0.39 is 10.0 Å². The first-order valence-electron chi connectivity index (χ1n) is 8.72. The molecule has 140 valence electrons. The Morgan fingerprint density at radius 2 is 2.04 bits per heavy atom. The topological polar surface area (TPSA) is 87.8 Å². The number of nitrogens with zero attached hydrogens (tertiary/aromatic N) is 3. The number of fused-ring (bicyclic) bond motifs is 1. The van der Waals surface area contributed by atoms with E-state index in [0.717, 1.165) is 12.4 Å². The van der Waals surface area contributed by atoms with Gasteiger partial charge in [-0.15, -0.1) is 0 Å². The molecule has 0 saturated carbocycles. The predicted octanol–water partition coefficient (Wildman–Crippen LogP) is 1.25. The van der Waals surface area contributed by atoms with E-state index in [1.165, 1.54) is 4.31 Å². The van der Waals surface area contributed by atoms with Crippen LogP contribution in [0.1, 0.15) is 18.8 Å². The molecule has 0 radical (unpaired) electrons. The lowest BCUT2D eigenvalue weighted by molar-refractivity contribution is 0.119. The summed E-state index contributed by atoms with van der Waals surface area (Å²) in [4.78, 5) is 9.90. The van der Waals surface area contributed by atoms with Gasteiger partial charge in [-0.2, -0.15) is 4.31 Å². The van der Waals surface area contributed by atoms with E-state index in [0.29, 0.717) is 44.3 Å². The van der Waals surface area contributed by atoms with Crippen LogP contribution in [0.15, 0.2) is 35.5 Å². The molecule has 3 heterocycles. The Bertz CT molecular complexity index is 869. The zero-order valence-corrected chi connectivity index (χ0v) is 15.4. The Hall–Kier alpha value is -2.10. The van der Waals surface area contributed by atoms with Crippen LogP contribution in [0, 0.1) is 0 Å². The number of H-pyrrole nitrogens is 1. The second-order valence-corrected chi connectivity index (χ2v) is 8.23. The van der Waals surface area contributed by atoms with Crippen LogP contribution in [-0.4, -0.2) is 67.0 Å². The average Bonchev–Trinajstić information content (AvgIpc) is 3.21. The molecule has 1 aromatic heterocycles. The highest BCUT2D eigenvalue weighted by molar-refractivity contribution is 7.89. The van der Waals surface area contributed by atoms with Crippen molar-refractivity contribution >= 4 is 10.0 Å². The van der Waals surface area contributed by atoms with Crippen LogP contribution >= 0.6 is 0 Å². The number of likely N-dealkylation sites (N-methyl/N-ethyl adjacent to an activating group) is 1. The van der Waals surface area contributed by atoms with Gasteiger partial charge in [0.15, 0.2) is 11.5 Å². The van der Waals surface area contributed by atoms with Crippen LogP contribution in [0.4, 0.5) is 0 Å². The number of rotatable bonds is 4. The first-order valence-corrected chi connectivity index (χ1v) is 10.2. The van der Waals surface area contributed by atoms with Crippen molar-refractivity contribution in [1.29, 1.82) is 0 Å². The molecular weight excluding hydrogens is 356 g/mol. The summed E-state index contributed by atoms with van der Waals surface area (Å²) in [5, 5.41) is 0. The fourth-order valence-corrected chi connectivity index (χ4v) is 4.90. The Morgan fingerprint density at radius 3 is 2.77 bits per heavy atom. The van der Waals surface area contributed by atoms with Crippen LogP contribution in [0.5, 0.6) is 11.5 Å². The first-order chi connectivity index (χ1) is 12.6. The Kier molecular flexibility index (Phi) is 4.60. The lowest BCUT2D eigenvalue weighted by atomic mass is 10.2. The molecule has 0 aliphatic carbocycles. The fourth-order valence-electron chi connectivity index (χ4n) is 3.44. The number of aromatic amines is 1. The molecule has 0 spiro atoms. The van der Waals surface area contributed by atoms with Crippen LogP contribution in [-0.2, 0) is 10.0 Å². The van der Waals surface area contributed by atoms with Crippen LogP contribution in [0.2, 0.25) is 0 Å². The van der Waals surface area contributed by atoms with Crippen molar-refractivity contribution in [3.05, 3.63) is 36.4 Å². The van der Waals surface area contributed by atoms with E-state index in [-0.39, 0.29) is 10.9 Å². The van der Waals surface area contributed by atoms with Crippen LogP contribution in [0.3, 0.4) is 0 Å². The normalized spacial score (nSPS) is 21.7. The molecule has 1 atom stereocenters. The molecule has 0 bridgehead atoms. The van der Waals surface area contributed by atoms with Gasteiger partial charge in [0.2, 0.25) is 10.0 Å². The summed E-state index contributed by atoms with van der Waals surface area (Å²) >= 11 is 0. The van der Waals surface area contributed by atoms with Crippen molar-refractivity contribution in [2.75, 3.05) is 39.4 Å². The van der Waals surface area contributed by atoms with Gasteiger partial charge >= 0.3 is 0 Å². The predicted molar refractivity (Wildman–Crippen MR) is 94.8 cm³/mol. The second-order valence-electron chi connectivity index (χ2n) is 6.29. The fraction of sp³-hybridized carbons (Fsp3) is 0.471. The molecule has 1 aromatic carbocycles. The standard InChI is InChI=1S/C17H22N4O4S/c1-2-20-7-8-21(12-14(20)17-18-5-6-19-17)26(22,23)13-3-4-15-16(11-13)25-10-9-24-15/h3-6,11,14H,2,7-10,12H2,1H3,(H,18,19). The number of nitrogens with one attached hydrogen (secondary N) is 1. The SMILES string of the molecule is CCN1CCN(S(=O)(=O)c2ccc3c(c2)OCCO3)CC1c1ncc[nH]1. The third-order valence-electron chi connectivity index (χ3n) is 4.85. The summed E-state index contributed by atoms with van der Waals surface area (Å²) in [6, 6.07) is 4.71. The third-order valence-corrected chi connectivity index (χ3v) is 6.71. The Balaban J connectivity index is 1.61. The number of hydrogen-bond acceptors (Lipinski definition) is 6. The van der Waals surface area contributed by atoms with E-state index in [2.05, 4.69) is 21.8 Å². The largest absolute Gasteiger partial charge is 0.486 e. The van der Waals surface area contributed by atoms with Crippen molar-refractivity contribution in [3.8, 4) is 11.5 Å². The zero-order valence-electron chi connectivity index (χ0n) is 14.6. The number of benzene rings is 1. The third kappa shape index (κ3) is 3.06. The average molecular weight is 378 g/mol. The molecule has 2 aliphatic rings. The second kappa shape index (κ2) is 6.90. The maximum absolute atomic E-state index is 13.2. The molecule has 1 saturated heterocycles. The number of hydrogen-bond donors (Lipinski definition) is 1. The maximum Gasteiger partial charge on any atom is 0.243 e. The summed E-state index contributed by atoms with van der Waals surface area (Å²) in [7, 11) is -3.62. The maximum atomic E-state index is 13.2. The highest BCUT2D eigenvalue weighted by Gasteiger charge is 2.36. The van der Waals surface area contributed by atoms with E-state index in [4.69, 9.17) is 9.47 Å². The molecule has 4 rings (SSSR count). The monoisotopic (exact) mass is 378 g/mol. The van der Waals surface area contributed by atoms with Gasteiger partial charge in [-0.3, -0.25) is 4.90 Å². The van der Waals surface area contributed by atoms with Crippen LogP contribution in [0.25, 0.3) is 0 Å². The quantitative estimate of drug-likeness (QED) is 0.862. The van der Waals surface area contributed by atoms with E-state index in [9.17, 15) is 8.42 Å². The van der Waals surface area contributed by atoms with E-state index in [1.54, 1.807) is 30.6 Å². The van der Waals surface area contributed by atoms with Crippen molar-refractivity contribution in [2.24, 2.45) is 0 Å². The van der Waals surface area contributed by atoms with E-state index in [1.807, 2.05) is 0 Å². The molecule has 1 N–H and O–H groups in total. The van der Waals surface area contributed by atoms with Gasteiger partial charge in [0.1, 0.15) is 19.0 Å².